The van der Waals surface area contributed by atoms with Gasteiger partial charge in [-0.25, -0.2) is 0 Å². The minimum atomic E-state index is 0.470. The molecule has 0 aliphatic heterocycles. The summed E-state index contributed by atoms with van der Waals surface area (Å²) in [4.78, 5) is 3.97. The highest BCUT2D eigenvalue weighted by Crippen LogP contribution is 2.21. The number of pyridine rings is 1. The molecule has 0 spiro atoms. The smallest absolute Gasteiger partial charge is 0.0270 e. The number of hydrogen-bond donors (Lipinski definition) is 0. The molecule has 1 aromatic heterocycles. The van der Waals surface area contributed by atoms with E-state index in [0.717, 1.165) is 0 Å². The van der Waals surface area contributed by atoms with Gasteiger partial charge in [-0.1, -0.05) is 24.3 Å². The van der Waals surface area contributed by atoms with Gasteiger partial charge in [0, 0.05) is 18.3 Å². The zero-order valence-corrected chi connectivity index (χ0v) is 6.14. The van der Waals surface area contributed by atoms with Crippen LogP contribution in [-0.2, 0) is 0 Å². The quantitative estimate of drug-likeness (QED) is 0.587. The molecule has 1 nitrogen and oxygen atoms in total. The van der Waals surface area contributed by atoms with E-state index in [4.69, 9.17) is 0 Å². The Morgan fingerprint density at radius 3 is 2.27 bits per heavy atom. The molecule has 0 N–H and O–H groups in total. The van der Waals surface area contributed by atoms with Gasteiger partial charge in [-0.05, 0) is 17.7 Å². The van der Waals surface area contributed by atoms with Crippen molar-refractivity contribution in [1.29, 1.82) is 0 Å². The first-order valence-electron chi connectivity index (χ1n) is 3.72. The minimum Gasteiger partial charge on any atom is -0.265 e. The molecule has 1 heteroatoms. The van der Waals surface area contributed by atoms with Crippen LogP contribution in [0.3, 0.4) is 0 Å². The van der Waals surface area contributed by atoms with E-state index in [0.29, 0.717) is 5.92 Å². The lowest BCUT2D eigenvalue weighted by Gasteiger charge is -2.02. The van der Waals surface area contributed by atoms with E-state index >= 15 is 0 Å². The Morgan fingerprint density at radius 1 is 1.00 bits per heavy atom. The van der Waals surface area contributed by atoms with E-state index in [-0.39, 0.29) is 0 Å². The summed E-state index contributed by atoms with van der Waals surface area (Å²) < 4.78 is 0. The summed E-state index contributed by atoms with van der Waals surface area (Å²) in [5.74, 6) is 0.470. The van der Waals surface area contributed by atoms with Gasteiger partial charge < -0.3 is 0 Å². The average Bonchev–Trinajstić information content (AvgIpc) is 2.58. The lowest BCUT2D eigenvalue weighted by atomic mass is 10.0. The van der Waals surface area contributed by atoms with E-state index in [9.17, 15) is 0 Å². The van der Waals surface area contributed by atoms with Crippen LogP contribution < -0.4 is 0 Å². The molecule has 0 saturated heterocycles. The number of rotatable bonds is 1. The maximum atomic E-state index is 3.97. The minimum absolute atomic E-state index is 0.470. The van der Waals surface area contributed by atoms with Crippen molar-refractivity contribution in [1.82, 2.24) is 4.98 Å². The molecule has 0 fully saturated rings. The molecule has 11 heavy (non-hydrogen) atoms. The van der Waals surface area contributed by atoms with Crippen LogP contribution in [0.5, 0.6) is 0 Å². The monoisotopic (exact) mass is 143 g/mol. The van der Waals surface area contributed by atoms with Crippen LogP contribution in [0.25, 0.3) is 0 Å². The van der Waals surface area contributed by atoms with Crippen molar-refractivity contribution in [3.05, 3.63) is 54.4 Å². The highest BCUT2D eigenvalue weighted by Gasteiger charge is 2.04. The van der Waals surface area contributed by atoms with E-state index in [1.165, 1.54) is 5.56 Å². The van der Waals surface area contributed by atoms with Crippen LogP contribution >= 0.6 is 0 Å². The highest BCUT2D eigenvalue weighted by molar-refractivity contribution is 5.33. The molecule has 1 aromatic rings. The number of allylic oxidation sites excluding steroid dienone is 4. The molecular formula is C10H9N. The molecule has 54 valence electrons. The Morgan fingerprint density at radius 2 is 1.64 bits per heavy atom. The maximum Gasteiger partial charge on any atom is 0.0270 e. The molecule has 0 amide bonds. The Labute approximate surface area is 66.1 Å². The first-order chi connectivity index (χ1) is 5.47. The van der Waals surface area contributed by atoms with Crippen molar-refractivity contribution in [3.8, 4) is 0 Å². The van der Waals surface area contributed by atoms with Crippen LogP contribution in [-0.4, -0.2) is 4.98 Å². The molecule has 2 rings (SSSR count). The number of hydrogen-bond acceptors (Lipinski definition) is 1. The second kappa shape index (κ2) is 2.70. The molecule has 1 heterocycles. The summed E-state index contributed by atoms with van der Waals surface area (Å²) >= 11 is 0. The molecule has 1 aliphatic carbocycles. The summed E-state index contributed by atoms with van der Waals surface area (Å²) in [6.07, 6.45) is 12.2. The van der Waals surface area contributed by atoms with Crippen LogP contribution in [0.15, 0.2) is 48.8 Å². The van der Waals surface area contributed by atoms with Gasteiger partial charge >= 0.3 is 0 Å². The van der Waals surface area contributed by atoms with E-state index in [1.54, 1.807) is 0 Å². The van der Waals surface area contributed by atoms with E-state index in [1.807, 2.05) is 24.5 Å². The molecule has 0 radical (unpaired) electrons. The van der Waals surface area contributed by atoms with Crippen molar-refractivity contribution in [2.75, 3.05) is 0 Å². The fraction of sp³-hybridized carbons (Fsp3) is 0.100. The number of nitrogens with zero attached hydrogens (tertiary/aromatic N) is 1. The predicted octanol–water partition coefficient (Wildman–Crippen LogP) is 2.29. The first kappa shape index (κ1) is 6.35. The standard InChI is InChI=1S/C10H9N/c1-2-4-9(3-1)10-5-7-11-8-6-10/h1-9H. The Kier molecular flexibility index (Phi) is 1.56. The normalized spacial score (nSPS) is 16.0. The SMILES string of the molecule is C1=CC(c2ccncc2)C=C1. The Balaban J connectivity index is 2.30. The van der Waals surface area contributed by atoms with Gasteiger partial charge in [-0.2, -0.15) is 0 Å². The van der Waals surface area contributed by atoms with E-state index < -0.39 is 0 Å². The van der Waals surface area contributed by atoms with Gasteiger partial charge in [0.15, 0.2) is 0 Å². The second-order valence-electron chi connectivity index (χ2n) is 2.58. The fourth-order valence-corrected chi connectivity index (χ4v) is 1.24. The summed E-state index contributed by atoms with van der Waals surface area (Å²) in [6, 6.07) is 4.09. The van der Waals surface area contributed by atoms with Gasteiger partial charge in [0.2, 0.25) is 0 Å². The van der Waals surface area contributed by atoms with Gasteiger partial charge in [0.25, 0.3) is 0 Å². The zero-order valence-electron chi connectivity index (χ0n) is 6.14. The number of aromatic nitrogens is 1. The van der Waals surface area contributed by atoms with Crippen molar-refractivity contribution in [2.45, 2.75) is 5.92 Å². The lowest BCUT2D eigenvalue weighted by molar-refractivity contribution is 1.09. The van der Waals surface area contributed by atoms with Crippen molar-refractivity contribution < 1.29 is 0 Å². The molecule has 0 bridgehead atoms. The van der Waals surface area contributed by atoms with Crippen molar-refractivity contribution in [2.24, 2.45) is 0 Å². The topological polar surface area (TPSA) is 12.9 Å². The van der Waals surface area contributed by atoms with Gasteiger partial charge in [0.05, 0.1) is 0 Å². The van der Waals surface area contributed by atoms with Gasteiger partial charge in [0.1, 0.15) is 0 Å². The Bertz CT molecular complexity index is 273. The van der Waals surface area contributed by atoms with Gasteiger partial charge in [-0.3, -0.25) is 4.98 Å². The second-order valence-corrected chi connectivity index (χ2v) is 2.58. The van der Waals surface area contributed by atoms with Crippen LogP contribution in [0.2, 0.25) is 0 Å². The van der Waals surface area contributed by atoms with Gasteiger partial charge in [-0.15, -0.1) is 0 Å². The average molecular weight is 143 g/mol. The summed E-state index contributed by atoms with van der Waals surface area (Å²) in [7, 11) is 0. The van der Waals surface area contributed by atoms with Crippen LogP contribution in [0, 0.1) is 0 Å². The molecular weight excluding hydrogens is 134 g/mol. The zero-order chi connectivity index (χ0) is 7.52. The van der Waals surface area contributed by atoms with Crippen LogP contribution in [0.1, 0.15) is 11.5 Å². The Hall–Kier alpha value is -1.37. The maximum absolute atomic E-state index is 3.97. The van der Waals surface area contributed by atoms with Crippen molar-refractivity contribution in [3.63, 3.8) is 0 Å². The lowest BCUT2D eigenvalue weighted by Crippen LogP contribution is -1.87. The summed E-state index contributed by atoms with van der Waals surface area (Å²) in [5, 5.41) is 0. The molecule has 0 atom stereocenters. The highest BCUT2D eigenvalue weighted by atomic mass is 14.6. The van der Waals surface area contributed by atoms with E-state index in [2.05, 4.69) is 29.3 Å². The fourth-order valence-electron chi connectivity index (χ4n) is 1.24. The summed E-state index contributed by atoms with van der Waals surface area (Å²) in [5.41, 5.74) is 1.31. The molecule has 0 saturated carbocycles. The molecule has 0 aromatic carbocycles. The van der Waals surface area contributed by atoms with Crippen LogP contribution in [0.4, 0.5) is 0 Å². The van der Waals surface area contributed by atoms with Crippen molar-refractivity contribution >= 4 is 0 Å². The summed E-state index contributed by atoms with van der Waals surface area (Å²) in [6.45, 7) is 0. The predicted molar refractivity (Wildman–Crippen MR) is 45.3 cm³/mol. The third-order valence-electron chi connectivity index (χ3n) is 1.84. The first-order valence-corrected chi connectivity index (χ1v) is 3.72. The molecule has 1 aliphatic rings. The largest absolute Gasteiger partial charge is 0.265 e. The third-order valence-corrected chi connectivity index (χ3v) is 1.84. The third kappa shape index (κ3) is 1.22. The molecule has 0 unspecified atom stereocenters.